The van der Waals surface area contributed by atoms with Gasteiger partial charge in [-0.1, -0.05) is 17.7 Å². The Morgan fingerprint density at radius 1 is 1.04 bits per heavy atom. The Bertz CT molecular complexity index is 625. The van der Waals surface area contributed by atoms with Crippen molar-refractivity contribution >= 4 is 23.0 Å². The second kappa shape index (κ2) is 9.05. The van der Waals surface area contributed by atoms with Crippen LogP contribution in [0, 0.1) is 6.92 Å². The van der Waals surface area contributed by atoms with Crippen LogP contribution in [0.3, 0.4) is 0 Å². The first-order valence-corrected chi connectivity index (χ1v) is 7.82. The van der Waals surface area contributed by atoms with E-state index in [-0.39, 0.29) is 0 Å². The number of nitrogen functional groups attached to an aromatic ring is 1. The number of anilines is 4. The third-order valence-corrected chi connectivity index (χ3v) is 3.61. The first-order chi connectivity index (χ1) is 11.7. The Balaban J connectivity index is 2.22. The van der Waals surface area contributed by atoms with Gasteiger partial charge in [-0.25, -0.2) is 9.97 Å². The van der Waals surface area contributed by atoms with Crippen molar-refractivity contribution < 1.29 is 9.47 Å². The fraction of sp³-hybridized carbons (Fsp3) is 0.412. The van der Waals surface area contributed by atoms with Crippen molar-refractivity contribution in [1.29, 1.82) is 0 Å². The fourth-order valence-corrected chi connectivity index (χ4v) is 2.24. The summed E-state index contributed by atoms with van der Waals surface area (Å²) >= 11 is 0. The summed E-state index contributed by atoms with van der Waals surface area (Å²) in [5.41, 5.74) is 8.92. The van der Waals surface area contributed by atoms with Crippen molar-refractivity contribution in [2.24, 2.45) is 0 Å². The van der Waals surface area contributed by atoms with Crippen molar-refractivity contribution in [3.05, 3.63) is 36.2 Å². The number of hydrogen-bond acceptors (Lipinski definition) is 7. The van der Waals surface area contributed by atoms with E-state index in [0.29, 0.717) is 43.6 Å². The van der Waals surface area contributed by atoms with Gasteiger partial charge in [0.05, 0.1) is 13.2 Å². The second-order valence-electron chi connectivity index (χ2n) is 5.42. The molecule has 0 aliphatic rings. The van der Waals surface area contributed by atoms with Crippen molar-refractivity contribution in [1.82, 2.24) is 9.97 Å². The van der Waals surface area contributed by atoms with Crippen LogP contribution in [0.25, 0.3) is 0 Å². The molecule has 0 saturated heterocycles. The zero-order valence-corrected chi connectivity index (χ0v) is 14.5. The average Bonchev–Trinajstić information content (AvgIpc) is 2.59. The van der Waals surface area contributed by atoms with E-state index in [2.05, 4.69) is 15.3 Å². The third-order valence-electron chi connectivity index (χ3n) is 3.61. The van der Waals surface area contributed by atoms with Crippen molar-refractivity contribution in [2.75, 3.05) is 56.5 Å². The number of ether oxygens (including phenoxy) is 2. The van der Waals surface area contributed by atoms with E-state index in [1.807, 2.05) is 36.1 Å². The lowest BCUT2D eigenvalue weighted by atomic mass is 10.2. The molecule has 0 aliphatic heterocycles. The zero-order chi connectivity index (χ0) is 17.4. The van der Waals surface area contributed by atoms with Gasteiger partial charge in [0.15, 0.2) is 11.6 Å². The van der Waals surface area contributed by atoms with Crippen LogP contribution in [-0.2, 0) is 9.47 Å². The number of nitrogens with zero attached hydrogens (tertiary/aromatic N) is 3. The Morgan fingerprint density at radius 3 is 2.25 bits per heavy atom. The summed E-state index contributed by atoms with van der Waals surface area (Å²) < 4.78 is 10.3. The molecule has 0 atom stereocenters. The number of benzene rings is 1. The molecule has 0 aliphatic carbocycles. The van der Waals surface area contributed by atoms with E-state index in [1.54, 1.807) is 14.2 Å². The first-order valence-electron chi connectivity index (χ1n) is 7.82. The number of nitrogens with two attached hydrogens (primary N) is 1. The maximum Gasteiger partial charge on any atom is 0.159 e. The lowest BCUT2D eigenvalue weighted by molar-refractivity contribution is 0.190. The Kier molecular flexibility index (Phi) is 6.77. The van der Waals surface area contributed by atoms with Crippen LogP contribution in [0.4, 0.5) is 23.0 Å². The summed E-state index contributed by atoms with van der Waals surface area (Å²) in [6, 6.07) is 8.04. The van der Waals surface area contributed by atoms with E-state index in [4.69, 9.17) is 15.2 Å². The molecule has 7 heteroatoms. The van der Waals surface area contributed by atoms with Crippen molar-refractivity contribution in [3.8, 4) is 0 Å². The molecule has 1 heterocycles. The molecule has 130 valence electrons. The highest BCUT2D eigenvalue weighted by molar-refractivity contribution is 5.78. The van der Waals surface area contributed by atoms with Gasteiger partial charge in [-0.15, -0.1) is 0 Å². The lowest BCUT2D eigenvalue weighted by Gasteiger charge is -2.25. The van der Waals surface area contributed by atoms with Gasteiger partial charge in [-0.05, 0) is 19.1 Å². The van der Waals surface area contributed by atoms with Gasteiger partial charge in [0, 0.05) is 33.0 Å². The van der Waals surface area contributed by atoms with E-state index in [1.165, 1.54) is 11.9 Å². The minimum Gasteiger partial charge on any atom is -0.393 e. The molecular formula is C17H25N5O2. The monoisotopic (exact) mass is 331 g/mol. The number of methoxy groups -OCH3 is 2. The third kappa shape index (κ3) is 4.81. The SMILES string of the molecule is COCCN(CCOC)c1ncnc(Nc2ccc(C)cc2)c1N. The summed E-state index contributed by atoms with van der Waals surface area (Å²) in [5.74, 6) is 1.26. The van der Waals surface area contributed by atoms with Crippen LogP contribution in [0.2, 0.25) is 0 Å². The highest BCUT2D eigenvalue weighted by Crippen LogP contribution is 2.28. The number of nitrogens with one attached hydrogen (secondary N) is 1. The summed E-state index contributed by atoms with van der Waals surface area (Å²) in [4.78, 5) is 10.6. The summed E-state index contributed by atoms with van der Waals surface area (Å²) in [6.07, 6.45) is 1.51. The summed E-state index contributed by atoms with van der Waals surface area (Å²) in [5, 5.41) is 3.24. The molecule has 1 aromatic heterocycles. The predicted molar refractivity (Wildman–Crippen MR) is 96.9 cm³/mol. The van der Waals surface area contributed by atoms with Gasteiger partial charge >= 0.3 is 0 Å². The van der Waals surface area contributed by atoms with Crippen molar-refractivity contribution in [3.63, 3.8) is 0 Å². The topological polar surface area (TPSA) is 85.5 Å². The fourth-order valence-electron chi connectivity index (χ4n) is 2.24. The largest absolute Gasteiger partial charge is 0.393 e. The quantitative estimate of drug-likeness (QED) is 0.728. The van der Waals surface area contributed by atoms with Crippen LogP contribution in [0.15, 0.2) is 30.6 Å². The van der Waals surface area contributed by atoms with Gasteiger partial charge in [-0.2, -0.15) is 0 Å². The highest BCUT2D eigenvalue weighted by atomic mass is 16.5. The number of rotatable bonds is 9. The first kappa shape index (κ1) is 18.0. The molecule has 0 bridgehead atoms. The highest BCUT2D eigenvalue weighted by Gasteiger charge is 2.15. The predicted octanol–water partition coefficient (Wildman–Crippen LogP) is 2.21. The smallest absolute Gasteiger partial charge is 0.159 e. The lowest BCUT2D eigenvalue weighted by Crippen LogP contribution is -2.32. The van der Waals surface area contributed by atoms with Gasteiger partial charge in [0.1, 0.15) is 12.0 Å². The van der Waals surface area contributed by atoms with Crippen LogP contribution in [0.1, 0.15) is 5.56 Å². The zero-order valence-electron chi connectivity index (χ0n) is 14.5. The van der Waals surface area contributed by atoms with Gasteiger partial charge in [0.25, 0.3) is 0 Å². The molecule has 7 nitrogen and oxygen atoms in total. The molecule has 24 heavy (non-hydrogen) atoms. The Hall–Kier alpha value is -2.38. The Labute approximate surface area is 142 Å². The average molecular weight is 331 g/mol. The molecule has 0 fully saturated rings. The van der Waals surface area contributed by atoms with Crippen molar-refractivity contribution in [2.45, 2.75) is 6.92 Å². The molecule has 3 N–H and O–H groups in total. The second-order valence-corrected chi connectivity index (χ2v) is 5.42. The van der Waals surface area contributed by atoms with E-state index < -0.39 is 0 Å². The van der Waals surface area contributed by atoms with E-state index in [0.717, 1.165) is 5.69 Å². The number of aromatic nitrogens is 2. The van der Waals surface area contributed by atoms with Crippen LogP contribution in [-0.4, -0.2) is 50.5 Å². The summed E-state index contributed by atoms with van der Waals surface area (Å²) in [6.45, 7) is 4.54. The minimum atomic E-state index is 0.505. The van der Waals surface area contributed by atoms with Gasteiger partial charge < -0.3 is 25.4 Å². The molecule has 0 radical (unpaired) electrons. The maximum atomic E-state index is 6.29. The van der Waals surface area contributed by atoms with Gasteiger partial charge in [-0.3, -0.25) is 0 Å². The number of hydrogen-bond donors (Lipinski definition) is 2. The number of aryl methyl sites for hydroxylation is 1. The normalized spacial score (nSPS) is 10.6. The van der Waals surface area contributed by atoms with E-state index >= 15 is 0 Å². The van der Waals surface area contributed by atoms with Crippen LogP contribution < -0.4 is 16.0 Å². The minimum absolute atomic E-state index is 0.505. The van der Waals surface area contributed by atoms with Crippen LogP contribution >= 0.6 is 0 Å². The molecule has 2 rings (SSSR count). The Morgan fingerprint density at radius 2 is 1.67 bits per heavy atom. The molecule has 0 amide bonds. The molecular weight excluding hydrogens is 306 g/mol. The van der Waals surface area contributed by atoms with Crippen LogP contribution in [0.5, 0.6) is 0 Å². The molecule has 0 spiro atoms. The maximum absolute atomic E-state index is 6.29. The summed E-state index contributed by atoms with van der Waals surface area (Å²) in [7, 11) is 3.34. The van der Waals surface area contributed by atoms with Gasteiger partial charge in [0.2, 0.25) is 0 Å². The molecule has 2 aromatic rings. The molecule has 0 unspecified atom stereocenters. The standard InChI is InChI=1S/C17H25N5O2/c1-13-4-6-14(7-5-13)21-16-15(18)17(20-12-19-16)22(8-10-23-2)9-11-24-3/h4-7,12H,8-11,18H2,1-3H3,(H,19,20,21). The molecule has 1 aromatic carbocycles. The molecule has 0 saturated carbocycles. The van der Waals surface area contributed by atoms with E-state index in [9.17, 15) is 0 Å².